The van der Waals surface area contributed by atoms with Gasteiger partial charge in [0.05, 0.1) is 18.3 Å². The van der Waals surface area contributed by atoms with Gasteiger partial charge >= 0.3 is 24.3 Å². The maximum atomic E-state index is 14.8. The van der Waals surface area contributed by atoms with Gasteiger partial charge in [-0.25, -0.2) is 9.59 Å². The van der Waals surface area contributed by atoms with Crippen molar-refractivity contribution in [2.75, 3.05) is 20.8 Å². The van der Waals surface area contributed by atoms with E-state index in [1.807, 2.05) is 0 Å². The molecule has 2 fully saturated rings. The summed E-state index contributed by atoms with van der Waals surface area (Å²) in [5, 5.41) is 9.94. The van der Waals surface area contributed by atoms with E-state index in [0.29, 0.717) is 14.2 Å². The number of ether oxygens (including phenoxy) is 5. The van der Waals surface area contributed by atoms with Crippen molar-refractivity contribution in [1.82, 2.24) is 0 Å². The molecule has 1 saturated heterocycles. The maximum absolute atomic E-state index is 14.8. The topological polar surface area (TPSA) is 101 Å². The van der Waals surface area contributed by atoms with Crippen molar-refractivity contribution in [3.63, 3.8) is 0 Å². The smallest absolute Gasteiger partial charge is 0.432 e. The van der Waals surface area contributed by atoms with Crippen LogP contribution < -0.4 is 0 Å². The number of methoxy groups -OCH3 is 2. The second kappa shape index (κ2) is 12.9. The molecule has 0 radical (unpaired) electrons. The molecule has 1 saturated carbocycles. The van der Waals surface area contributed by atoms with Gasteiger partial charge in [-0.05, 0) is 13.8 Å². The molecule has 4 rings (SSSR count). The Hall–Kier alpha value is -3.46. The summed E-state index contributed by atoms with van der Waals surface area (Å²) in [5.41, 5.74) is -11.3. The second-order valence-electron chi connectivity index (χ2n) is 12.2. The average molecular weight is 675 g/mol. The molecule has 8 atom stereocenters. The van der Waals surface area contributed by atoms with Gasteiger partial charge in [-0.1, -0.05) is 79.7 Å². The van der Waals surface area contributed by atoms with Crippen LogP contribution in [0.2, 0.25) is 0 Å². The number of fused-ring (bicyclic) bond motifs is 2. The van der Waals surface area contributed by atoms with E-state index >= 15 is 0 Å². The van der Waals surface area contributed by atoms with E-state index in [9.17, 15) is 41.0 Å². The van der Waals surface area contributed by atoms with Crippen LogP contribution in [0.1, 0.15) is 38.3 Å². The lowest BCUT2D eigenvalue weighted by atomic mass is 9.60. The van der Waals surface area contributed by atoms with E-state index in [-0.39, 0.29) is 6.61 Å². The molecule has 258 valence electrons. The van der Waals surface area contributed by atoms with Gasteiger partial charge in [-0.2, -0.15) is 26.3 Å². The molecule has 0 spiro atoms. The predicted octanol–water partition coefficient (Wildman–Crippen LogP) is 5.77. The van der Waals surface area contributed by atoms with Crippen LogP contribution in [-0.2, 0) is 44.5 Å². The highest BCUT2D eigenvalue weighted by Crippen LogP contribution is 2.58. The van der Waals surface area contributed by atoms with Crippen LogP contribution in [0.15, 0.2) is 72.8 Å². The lowest BCUT2D eigenvalue weighted by Crippen LogP contribution is -2.62. The summed E-state index contributed by atoms with van der Waals surface area (Å²) in [7, 11) is 1.34. The van der Waals surface area contributed by atoms with Gasteiger partial charge in [-0.3, -0.25) is 0 Å². The molecular weight excluding hydrogens is 638 g/mol. The molecule has 1 aliphatic carbocycles. The fourth-order valence-corrected chi connectivity index (χ4v) is 6.78. The largest absolute Gasteiger partial charge is 0.456 e. The summed E-state index contributed by atoms with van der Waals surface area (Å²) in [6.45, 7) is 4.27. The highest BCUT2D eigenvalue weighted by atomic mass is 19.4. The zero-order valence-electron chi connectivity index (χ0n) is 26.2. The van der Waals surface area contributed by atoms with E-state index in [1.54, 1.807) is 13.0 Å². The van der Waals surface area contributed by atoms with Crippen molar-refractivity contribution in [3.8, 4) is 0 Å². The normalized spacial score (nSPS) is 29.5. The van der Waals surface area contributed by atoms with Crippen LogP contribution >= 0.6 is 0 Å². The molecule has 2 bridgehead atoms. The lowest BCUT2D eigenvalue weighted by molar-refractivity contribution is -0.290. The number of aliphatic hydroxyl groups is 1. The third kappa shape index (κ3) is 6.05. The SMILES string of the molecule is CO[C@@](C(=O)O[C@@H]1C[C@@]2(C)OC[C@](C)([C@H]2C=C[C@@H](C)O)[C@H]1OC(=O)[C@](OC)(c1ccccc1)C(F)(F)F)(c1ccccc1)C(F)(F)F. The van der Waals surface area contributed by atoms with Crippen molar-refractivity contribution in [2.24, 2.45) is 11.3 Å². The Bertz CT molecular complexity index is 1450. The van der Waals surface area contributed by atoms with Gasteiger partial charge < -0.3 is 28.8 Å². The first-order valence-electron chi connectivity index (χ1n) is 14.6. The Kier molecular flexibility index (Phi) is 9.96. The van der Waals surface area contributed by atoms with Crippen LogP contribution in [0, 0.1) is 11.3 Å². The van der Waals surface area contributed by atoms with E-state index < -0.39 is 88.3 Å². The second-order valence-corrected chi connectivity index (χ2v) is 12.2. The number of hydrogen-bond donors (Lipinski definition) is 1. The van der Waals surface area contributed by atoms with Crippen LogP contribution in [0.3, 0.4) is 0 Å². The van der Waals surface area contributed by atoms with Crippen molar-refractivity contribution in [1.29, 1.82) is 0 Å². The Balaban J connectivity index is 1.86. The number of hydrogen-bond acceptors (Lipinski definition) is 8. The number of esters is 2. The first kappa shape index (κ1) is 36.4. The van der Waals surface area contributed by atoms with Crippen LogP contribution in [0.25, 0.3) is 0 Å². The van der Waals surface area contributed by atoms with E-state index in [2.05, 4.69) is 0 Å². The average Bonchev–Trinajstić information content (AvgIpc) is 3.19. The molecule has 8 nitrogen and oxygen atoms in total. The summed E-state index contributed by atoms with van der Waals surface area (Å²) in [5.74, 6) is -4.62. The minimum Gasteiger partial charge on any atom is -0.456 e. The van der Waals surface area contributed by atoms with Crippen molar-refractivity contribution < 1.29 is 64.7 Å². The highest BCUT2D eigenvalue weighted by Gasteiger charge is 2.70. The Morgan fingerprint density at radius 1 is 0.851 bits per heavy atom. The third-order valence-corrected chi connectivity index (χ3v) is 9.10. The number of rotatable bonds is 10. The third-order valence-electron chi connectivity index (χ3n) is 9.10. The van der Waals surface area contributed by atoms with Crippen molar-refractivity contribution >= 4 is 11.9 Å². The molecule has 2 aromatic carbocycles. The first-order valence-corrected chi connectivity index (χ1v) is 14.6. The van der Waals surface area contributed by atoms with Gasteiger partial charge in [0.15, 0.2) is 0 Å². The number of halogens is 6. The summed E-state index contributed by atoms with van der Waals surface area (Å²) in [6, 6.07) is 11.9. The lowest BCUT2D eigenvalue weighted by Gasteiger charge is -2.49. The number of alkyl halides is 6. The first-order chi connectivity index (χ1) is 21.8. The number of carbonyl (C=O) groups is 2. The molecule has 1 heterocycles. The number of benzene rings is 2. The molecule has 2 aromatic rings. The predicted molar refractivity (Wildman–Crippen MR) is 154 cm³/mol. The van der Waals surface area contributed by atoms with Gasteiger partial charge in [0.25, 0.3) is 11.2 Å². The van der Waals surface area contributed by atoms with Gasteiger partial charge in [-0.15, -0.1) is 0 Å². The Labute approximate surface area is 267 Å². The number of carbonyl (C=O) groups excluding carboxylic acids is 2. The molecule has 14 heteroatoms. The molecule has 0 unspecified atom stereocenters. The highest BCUT2D eigenvalue weighted by molar-refractivity contribution is 5.84. The molecular formula is C33H36F6O8. The van der Waals surface area contributed by atoms with E-state index in [1.165, 1.54) is 56.3 Å². The fraction of sp³-hybridized carbons (Fsp3) is 0.515. The van der Waals surface area contributed by atoms with Crippen LogP contribution in [0.5, 0.6) is 0 Å². The number of aliphatic hydroxyl groups excluding tert-OH is 1. The summed E-state index contributed by atoms with van der Waals surface area (Å²) in [4.78, 5) is 27.6. The molecule has 1 N–H and O–H groups in total. The van der Waals surface area contributed by atoms with E-state index in [0.717, 1.165) is 24.3 Å². The van der Waals surface area contributed by atoms with Crippen LogP contribution in [0.4, 0.5) is 26.3 Å². The van der Waals surface area contributed by atoms with Gasteiger partial charge in [0, 0.05) is 43.1 Å². The van der Waals surface area contributed by atoms with E-state index in [4.69, 9.17) is 23.7 Å². The Morgan fingerprint density at radius 3 is 1.70 bits per heavy atom. The minimum atomic E-state index is -5.37. The zero-order chi connectivity index (χ0) is 35.1. The van der Waals surface area contributed by atoms with Crippen molar-refractivity contribution in [2.45, 2.75) is 74.7 Å². The quantitative estimate of drug-likeness (QED) is 0.193. The molecule has 47 heavy (non-hydrogen) atoms. The standard InChI is InChI=1S/C33H36F6O8/c1-20(40)16-17-24-28(2)19-45-29(24,3)18-23(46-26(41)30(43-4,32(34,35)36)21-12-8-6-9-13-21)25(28)47-27(42)31(44-5,33(37,38)39)22-14-10-7-11-15-22/h6-17,20,23-25,40H,18-19H2,1-5H3/t20-,23-,24-,25+,28-,29-,30-,31-/m1/s1. The monoisotopic (exact) mass is 674 g/mol. The van der Waals surface area contributed by atoms with Gasteiger partial charge in [0.2, 0.25) is 0 Å². The Morgan fingerprint density at radius 2 is 1.30 bits per heavy atom. The summed E-state index contributed by atoms with van der Waals surface area (Å²) >= 11 is 0. The van der Waals surface area contributed by atoms with Gasteiger partial charge in [0.1, 0.15) is 12.2 Å². The van der Waals surface area contributed by atoms with Crippen LogP contribution in [-0.4, -0.2) is 74.1 Å². The van der Waals surface area contributed by atoms with Crippen molar-refractivity contribution in [3.05, 3.63) is 83.9 Å². The molecule has 1 aliphatic heterocycles. The molecule has 0 aromatic heterocycles. The molecule has 2 aliphatic rings. The minimum absolute atomic E-state index is 0.255. The fourth-order valence-electron chi connectivity index (χ4n) is 6.78. The summed E-state index contributed by atoms with van der Waals surface area (Å²) < 4.78 is 116. The summed E-state index contributed by atoms with van der Waals surface area (Å²) in [6.07, 6.45) is -12.7. The zero-order valence-corrected chi connectivity index (χ0v) is 26.2. The maximum Gasteiger partial charge on any atom is 0.432 e. The molecule has 0 amide bonds.